The number of rotatable bonds is 3. The van der Waals surface area contributed by atoms with E-state index >= 15 is 0 Å². The van der Waals surface area contributed by atoms with Crippen molar-refractivity contribution >= 4 is 11.9 Å². The zero-order valence-electron chi connectivity index (χ0n) is 8.72. The summed E-state index contributed by atoms with van der Waals surface area (Å²) in [6, 6.07) is 1.62. The number of nitrogens with one attached hydrogen (secondary N) is 1. The number of aromatic amines is 1. The van der Waals surface area contributed by atoms with Crippen molar-refractivity contribution in [3.8, 4) is 0 Å². The molecule has 1 aliphatic heterocycles. The van der Waals surface area contributed by atoms with Gasteiger partial charge in [-0.25, -0.2) is 0 Å². The van der Waals surface area contributed by atoms with Gasteiger partial charge in [0.05, 0.1) is 0 Å². The predicted octanol–water partition coefficient (Wildman–Crippen LogP) is 0.347. The summed E-state index contributed by atoms with van der Waals surface area (Å²) in [7, 11) is 0. The van der Waals surface area contributed by atoms with Crippen LogP contribution in [-0.2, 0) is 4.79 Å². The van der Waals surface area contributed by atoms with Crippen LogP contribution in [0, 0.1) is 5.92 Å². The highest BCUT2D eigenvalue weighted by Gasteiger charge is 2.28. The Bertz CT molecular complexity index is 388. The number of hydrogen-bond donors (Lipinski definition) is 2. The molecule has 1 fully saturated rings. The quantitative estimate of drug-likeness (QED) is 0.774. The smallest absolute Gasteiger partial charge is 0.303 e. The molecule has 1 amide bonds. The van der Waals surface area contributed by atoms with Crippen molar-refractivity contribution in [3.63, 3.8) is 0 Å². The maximum atomic E-state index is 11.8. The number of amides is 1. The normalized spacial score (nSPS) is 20.0. The first kappa shape index (κ1) is 10.7. The SMILES string of the molecule is O=C(O)CC1CCN(C(=O)c2ccn[nH]2)C1. The van der Waals surface area contributed by atoms with Gasteiger partial charge in [-0.1, -0.05) is 0 Å². The van der Waals surface area contributed by atoms with Gasteiger partial charge in [-0.05, 0) is 18.4 Å². The molecule has 2 N–H and O–H groups in total. The highest BCUT2D eigenvalue weighted by Crippen LogP contribution is 2.20. The molecule has 86 valence electrons. The van der Waals surface area contributed by atoms with Crippen molar-refractivity contribution in [2.45, 2.75) is 12.8 Å². The van der Waals surface area contributed by atoms with E-state index in [1.807, 2.05) is 0 Å². The fourth-order valence-corrected chi connectivity index (χ4v) is 1.98. The molecule has 0 saturated carbocycles. The fraction of sp³-hybridized carbons (Fsp3) is 0.500. The lowest BCUT2D eigenvalue weighted by Gasteiger charge is -2.14. The van der Waals surface area contributed by atoms with E-state index in [0.29, 0.717) is 18.8 Å². The second-order valence-electron chi connectivity index (χ2n) is 3.97. The van der Waals surface area contributed by atoms with Crippen LogP contribution >= 0.6 is 0 Å². The van der Waals surface area contributed by atoms with Gasteiger partial charge >= 0.3 is 5.97 Å². The Morgan fingerprint density at radius 3 is 3.06 bits per heavy atom. The Balaban J connectivity index is 1.94. The lowest BCUT2D eigenvalue weighted by atomic mass is 10.1. The number of carboxylic acids is 1. The van der Waals surface area contributed by atoms with Crippen LogP contribution in [0.25, 0.3) is 0 Å². The molecule has 0 bridgehead atoms. The van der Waals surface area contributed by atoms with Crippen LogP contribution in [0.3, 0.4) is 0 Å². The summed E-state index contributed by atoms with van der Waals surface area (Å²) in [6.07, 6.45) is 2.41. The molecule has 0 aliphatic carbocycles. The molecule has 1 aliphatic rings. The van der Waals surface area contributed by atoms with Crippen molar-refractivity contribution in [3.05, 3.63) is 18.0 Å². The Morgan fingerprint density at radius 1 is 1.62 bits per heavy atom. The van der Waals surface area contributed by atoms with Crippen LogP contribution in [-0.4, -0.2) is 45.2 Å². The zero-order chi connectivity index (χ0) is 11.5. The fourth-order valence-electron chi connectivity index (χ4n) is 1.98. The third-order valence-electron chi connectivity index (χ3n) is 2.77. The Labute approximate surface area is 92.3 Å². The minimum Gasteiger partial charge on any atom is -0.481 e. The molecule has 16 heavy (non-hydrogen) atoms. The molecule has 1 unspecified atom stereocenters. The number of carbonyl (C=O) groups is 2. The summed E-state index contributed by atoms with van der Waals surface area (Å²) in [5.74, 6) is -0.837. The van der Waals surface area contributed by atoms with Gasteiger partial charge in [-0.2, -0.15) is 5.10 Å². The summed E-state index contributed by atoms with van der Waals surface area (Å²) >= 11 is 0. The van der Waals surface area contributed by atoms with Gasteiger partial charge < -0.3 is 10.0 Å². The Kier molecular flexibility index (Phi) is 2.89. The summed E-state index contributed by atoms with van der Waals surface area (Å²) in [5, 5.41) is 15.0. The van der Waals surface area contributed by atoms with Crippen LogP contribution in [0.5, 0.6) is 0 Å². The van der Waals surface area contributed by atoms with E-state index < -0.39 is 5.97 Å². The summed E-state index contributed by atoms with van der Waals surface area (Å²) in [6.45, 7) is 1.14. The van der Waals surface area contributed by atoms with Gasteiger partial charge in [0.25, 0.3) is 5.91 Å². The third kappa shape index (κ3) is 2.21. The predicted molar refractivity (Wildman–Crippen MR) is 54.9 cm³/mol. The van der Waals surface area contributed by atoms with Crippen LogP contribution in [0.15, 0.2) is 12.3 Å². The monoisotopic (exact) mass is 223 g/mol. The standard InChI is InChI=1S/C10H13N3O3/c14-9(15)5-7-2-4-13(6-7)10(16)8-1-3-11-12-8/h1,3,7H,2,4-6H2,(H,11,12)(H,14,15). The largest absolute Gasteiger partial charge is 0.481 e. The average Bonchev–Trinajstić information content (AvgIpc) is 2.84. The Morgan fingerprint density at radius 2 is 2.44 bits per heavy atom. The van der Waals surface area contributed by atoms with E-state index in [9.17, 15) is 9.59 Å². The van der Waals surface area contributed by atoms with Crippen molar-refractivity contribution in [2.24, 2.45) is 5.92 Å². The lowest BCUT2D eigenvalue weighted by molar-refractivity contribution is -0.138. The van der Waals surface area contributed by atoms with Crippen LogP contribution in [0.2, 0.25) is 0 Å². The van der Waals surface area contributed by atoms with Crippen molar-refractivity contribution in [1.29, 1.82) is 0 Å². The number of aliphatic carboxylic acids is 1. The molecule has 2 rings (SSSR count). The highest BCUT2D eigenvalue weighted by molar-refractivity contribution is 5.92. The van der Waals surface area contributed by atoms with Gasteiger partial charge in [-0.15, -0.1) is 0 Å². The Hall–Kier alpha value is -1.85. The van der Waals surface area contributed by atoms with E-state index in [2.05, 4.69) is 10.2 Å². The molecule has 1 aromatic rings. The zero-order valence-corrected chi connectivity index (χ0v) is 8.72. The minimum absolute atomic E-state index is 0.0735. The summed E-state index contributed by atoms with van der Waals surface area (Å²) < 4.78 is 0. The number of carboxylic acid groups (broad SMARTS) is 1. The number of aromatic nitrogens is 2. The van der Waals surface area contributed by atoms with Gasteiger partial charge in [0.1, 0.15) is 5.69 Å². The van der Waals surface area contributed by atoms with E-state index in [1.54, 1.807) is 11.0 Å². The van der Waals surface area contributed by atoms with E-state index in [4.69, 9.17) is 5.11 Å². The molecule has 0 aromatic carbocycles. The topological polar surface area (TPSA) is 86.3 Å². The molecular formula is C10H13N3O3. The van der Waals surface area contributed by atoms with Crippen LogP contribution in [0.4, 0.5) is 0 Å². The van der Waals surface area contributed by atoms with E-state index in [1.165, 1.54) is 6.20 Å². The second-order valence-corrected chi connectivity index (χ2v) is 3.97. The number of likely N-dealkylation sites (tertiary alicyclic amines) is 1. The van der Waals surface area contributed by atoms with Crippen molar-refractivity contribution in [1.82, 2.24) is 15.1 Å². The first-order valence-corrected chi connectivity index (χ1v) is 5.17. The molecule has 1 saturated heterocycles. The van der Waals surface area contributed by atoms with Crippen molar-refractivity contribution < 1.29 is 14.7 Å². The van der Waals surface area contributed by atoms with Gasteiger partial charge in [0.2, 0.25) is 0 Å². The summed E-state index contributed by atoms with van der Waals surface area (Å²) in [5.41, 5.74) is 0.455. The van der Waals surface area contributed by atoms with Crippen LogP contribution in [0.1, 0.15) is 23.3 Å². The van der Waals surface area contributed by atoms with Gasteiger partial charge in [-0.3, -0.25) is 14.7 Å². The van der Waals surface area contributed by atoms with Crippen molar-refractivity contribution in [2.75, 3.05) is 13.1 Å². The minimum atomic E-state index is -0.805. The lowest BCUT2D eigenvalue weighted by Crippen LogP contribution is -2.29. The molecular weight excluding hydrogens is 210 g/mol. The van der Waals surface area contributed by atoms with Crippen LogP contribution < -0.4 is 0 Å². The third-order valence-corrected chi connectivity index (χ3v) is 2.77. The molecule has 6 heteroatoms. The van der Waals surface area contributed by atoms with Gasteiger partial charge in [0, 0.05) is 25.7 Å². The first-order chi connectivity index (χ1) is 7.66. The maximum absolute atomic E-state index is 11.8. The number of H-pyrrole nitrogens is 1. The van der Waals surface area contributed by atoms with E-state index in [-0.39, 0.29) is 18.2 Å². The summed E-state index contributed by atoms with van der Waals surface area (Å²) in [4.78, 5) is 24.1. The number of carbonyl (C=O) groups excluding carboxylic acids is 1. The molecule has 0 spiro atoms. The maximum Gasteiger partial charge on any atom is 0.303 e. The van der Waals surface area contributed by atoms with E-state index in [0.717, 1.165) is 6.42 Å². The number of nitrogens with zero attached hydrogens (tertiary/aromatic N) is 2. The molecule has 2 heterocycles. The first-order valence-electron chi connectivity index (χ1n) is 5.17. The average molecular weight is 223 g/mol. The highest BCUT2D eigenvalue weighted by atomic mass is 16.4. The molecule has 6 nitrogen and oxygen atoms in total. The van der Waals surface area contributed by atoms with Gasteiger partial charge in [0.15, 0.2) is 0 Å². The molecule has 1 atom stereocenters. The second kappa shape index (κ2) is 4.34. The molecule has 1 aromatic heterocycles. The number of hydrogen-bond acceptors (Lipinski definition) is 3. The molecule has 0 radical (unpaired) electrons.